The largest absolute Gasteiger partial charge is 0.507 e. The van der Waals surface area contributed by atoms with Gasteiger partial charge in [-0.2, -0.15) is 4.99 Å². The van der Waals surface area contributed by atoms with Gasteiger partial charge in [0.25, 0.3) is 0 Å². The van der Waals surface area contributed by atoms with Crippen molar-refractivity contribution in [1.29, 1.82) is 0 Å². The van der Waals surface area contributed by atoms with Crippen LogP contribution in [-0.4, -0.2) is 18.0 Å². The maximum absolute atomic E-state index is 9.73. The van der Waals surface area contributed by atoms with Crippen LogP contribution in [-0.2, 0) is 0 Å². The first-order valence-electron chi connectivity index (χ1n) is 6.24. The van der Waals surface area contributed by atoms with Crippen molar-refractivity contribution in [3.05, 3.63) is 60.2 Å². The van der Waals surface area contributed by atoms with E-state index in [1.807, 2.05) is 48.6 Å². The molecule has 3 nitrogen and oxygen atoms in total. The predicted octanol–water partition coefficient (Wildman–Crippen LogP) is 2.30. The van der Waals surface area contributed by atoms with Crippen molar-refractivity contribution in [2.75, 3.05) is 7.05 Å². The number of hydrogen-bond donors (Lipinski definition) is 2. The first kappa shape index (κ1) is 11.7. The first-order chi connectivity index (χ1) is 9.25. The Morgan fingerprint density at radius 1 is 1.00 bits per heavy atom. The van der Waals surface area contributed by atoms with Gasteiger partial charge < -0.3 is 5.11 Å². The molecule has 0 bridgehead atoms. The summed E-state index contributed by atoms with van der Waals surface area (Å²) in [5.74, 6) is 1.23. The highest BCUT2D eigenvalue weighted by Gasteiger charge is 2.23. The summed E-state index contributed by atoms with van der Waals surface area (Å²) in [5, 5.41) is 9.73. The number of hydrogen-bond acceptors (Lipinski definition) is 2. The summed E-state index contributed by atoms with van der Waals surface area (Å²) in [4.78, 5) is 5.76. The lowest BCUT2D eigenvalue weighted by atomic mass is 10.2. The summed E-state index contributed by atoms with van der Waals surface area (Å²) < 4.78 is 0. The van der Waals surface area contributed by atoms with E-state index in [2.05, 4.69) is 18.1 Å². The van der Waals surface area contributed by atoms with Crippen LogP contribution in [0.5, 0.6) is 5.75 Å². The molecule has 0 amide bonds. The van der Waals surface area contributed by atoms with Gasteiger partial charge in [0.2, 0.25) is 5.84 Å². The van der Waals surface area contributed by atoms with Gasteiger partial charge in [-0.3, -0.25) is 4.90 Å². The van der Waals surface area contributed by atoms with E-state index in [1.54, 1.807) is 6.07 Å². The maximum Gasteiger partial charge on any atom is 0.231 e. The van der Waals surface area contributed by atoms with Gasteiger partial charge in [-0.25, -0.2) is 0 Å². The van der Waals surface area contributed by atoms with Gasteiger partial charge >= 0.3 is 0 Å². The zero-order valence-electron chi connectivity index (χ0n) is 10.7. The molecule has 1 heterocycles. The third-order valence-electron chi connectivity index (χ3n) is 3.29. The summed E-state index contributed by atoms with van der Waals surface area (Å²) in [6.45, 7) is 0. The summed E-state index contributed by atoms with van der Waals surface area (Å²) >= 11 is 0. The van der Waals surface area contributed by atoms with Crippen LogP contribution < -0.4 is 4.90 Å². The standard InChI is InChI=1S/C16H14N2O/c1-18-14-8-4-3-7-13(14)17-16(18)11-10-12-6-2-5-9-15(12)19/h2-11,19H,1H3/p+1. The Kier molecular flexibility index (Phi) is 2.89. The predicted molar refractivity (Wildman–Crippen MR) is 77.2 cm³/mol. The molecule has 0 radical (unpaired) electrons. The van der Waals surface area contributed by atoms with Gasteiger partial charge in [0, 0.05) is 17.7 Å². The minimum Gasteiger partial charge on any atom is -0.507 e. The normalized spacial score (nSPS) is 17.5. The average Bonchev–Trinajstić information content (AvgIpc) is 2.75. The fourth-order valence-electron chi connectivity index (χ4n) is 2.20. The number of aliphatic imine (C=N–C) groups is 1. The Morgan fingerprint density at radius 2 is 1.74 bits per heavy atom. The van der Waals surface area contributed by atoms with Gasteiger partial charge in [0.15, 0.2) is 5.69 Å². The van der Waals surface area contributed by atoms with E-state index in [9.17, 15) is 5.11 Å². The molecular formula is C16H15N2O+. The van der Waals surface area contributed by atoms with Crippen molar-refractivity contribution in [3.8, 4) is 5.75 Å². The number of phenols is 1. The number of amidine groups is 1. The van der Waals surface area contributed by atoms with Crippen LogP contribution in [0, 0.1) is 0 Å². The van der Waals surface area contributed by atoms with Crippen LogP contribution in [0.1, 0.15) is 5.56 Å². The summed E-state index contributed by atoms with van der Waals surface area (Å²) in [7, 11) is 2.07. The van der Waals surface area contributed by atoms with E-state index in [-0.39, 0.29) is 5.75 Å². The molecule has 0 spiro atoms. The molecule has 2 N–H and O–H groups in total. The SMILES string of the molecule is C[NH+]1C(C=Cc2ccccc2O)=Nc2ccccc21. The number of likely N-dealkylation sites (N-methyl/N-ethyl adjacent to an activating group) is 1. The van der Waals surface area contributed by atoms with Gasteiger partial charge in [0.1, 0.15) is 11.4 Å². The van der Waals surface area contributed by atoms with Gasteiger partial charge in [-0.05, 0) is 18.2 Å². The highest BCUT2D eigenvalue weighted by Crippen LogP contribution is 2.24. The van der Waals surface area contributed by atoms with Crippen LogP contribution in [0.15, 0.2) is 59.6 Å². The van der Waals surface area contributed by atoms with Crippen molar-refractivity contribution in [1.82, 2.24) is 0 Å². The molecule has 19 heavy (non-hydrogen) atoms. The van der Waals surface area contributed by atoms with E-state index in [0.717, 1.165) is 17.1 Å². The Bertz CT molecular complexity index is 674. The summed E-state index contributed by atoms with van der Waals surface area (Å²) in [5.41, 5.74) is 2.99. The van der Waals surface area contributed by atoms with E-state index in [1.165, 1.54) is 10.6 Å². The molecule has 3 rings (SSSR count). The lowest BCUT2D eigenvalue weighted by Crippen LogP contribution is -3.05. The minimum absolute atomic E-state index is 0.285. The van der Waals surface area contributed by atoms with Gasteiger partial charge in [-0.1, -0.05) is 30.3 Å². The fraction of sp³-hybridized carbons (Fsp3) is 0.0625. The van der Waals surface area contributed by atoms with Crippen LogP contribution in [0.2, 0.25) is 0 Å². The van der Waals surface area contributed by atoms with Gasteiger partial charge in [-0.15, -0.1) is 0 Å². The Labute approximate surface area is 112 Å². The Hall–Kier alpha value is -2.39. The molecule has 0 fully saturated rings. The number of aromatic hydroxyl groups is 1. The highest BCUT2D eigenvalue weighted by molar-refractivity contribution is 5.97. The van der Waals surface area contributed by atoms with Crippen LogP contribution in [0.3, 0.4) is 0 Å². The van der Waals surface area contributed by atoms with E-state index < -0.39 is 0 Å². The number of phenolic OH excluding ortho intramolecular Hbond substituents is 1. The third kappa shape index (κ3) is 2.16. The molecule has 2 aromatic rings. The molecule has 1 unspecified atom stereocenters. The smallest absolute Gasteiger partial charge is 0.231 e. The van der Waals surface area contributed by atoms with Crippen LogP contribution in [0.4, 0.5) is 11.4 Å². The topological polar surface area (TPSA) is 37.0 Å². The molecule has 2 aromatic carbocycles. The second-order valence-electron chi connectivity index (χ2n) is 4.53. The highest BCUT2D eigenvalue weighted by atomic mass is 16.3. The molecule has 1 aliphatic heterocycles. The van der Waals surface area contributed by atoms with E-state index in [0.29, 0.717) is 0 Å². The number of nitrogens with one attached hydrogen (secondary N) is 1. The molecule has 1 atom stereocenters. The molecule has 0 aliphatic carbocycles. The molecule has 94 valence electrons. The summed E-state index contributed by atoms with van der Waals surface area (Å²) in [6, 6.07) is 15.4. The lowest BCUT2D eigenvalue weighted by molar-refractivity contribution is -0.700. The number of nitrogens with zero attached hydrogens (tertiary/aromatic N) is 1. The van der Waals surface area contributed by atoms with Crippen molar-refractivity contribution in [3.63, 3.8) is 0 Å². The molecule has 0 saturated carbocycles. The number of rotatable bonds is 2. The zero-order chi connectivity index (χ0) is 13.2. The Balaban J connectivity index is 1.89. The molecule has 3 heteroatoms. The number of benzene rings is 2. The quantitative estimate of drug-likeness (QED) is 0.844. The monoisotopic (exact) mass is 251 g/mol. The minimum atomic E-state index is 0.285. The molecule has 0 saturated heterocycles. The van der Waals surface area contributed by atoms with Crippen molar-refractivity contribution in [2.24, 2.45) is 4.99 Å². The first-order valence-corrected chi connectivity index (χ1v) is 6.24. The number of quaternary nitrogens is 1. The Morgan fingerprint density at radius 3 is 2.53 bits per heavy atom. The zero-order valence-corrected chi connectivity index (χ0v) is 10.7. The van der Waals surface area contributed by atoms with E-state index in [4.69, 9.17) is 0 Å². The average molecular weight is 251 g/mol. The molecular weight excluding hydrogens is 236 g/mol. The number of para-hydroxylation sites is 3. The fourth-order valence-corrected chi connectivity index (χ4v) is 2.20. The van der Waals surface area contributed by atoms with E-state index >= 15 is 0 Å². The second kappa shape index (κ2) is 4.71. The third-order valence-corrected chi connectivity index (χ3v) is 3.29. The number of fused-ring (bicyclic) bond motifs is 1. The van der Waals surface area contributed by atoms with Gasteiger partial charge in [0.05, 0.1) is 7.05 Å². The summed E-state index contributed by atoms with van der Waals surface area (Å²) in [6.07, 6.45) is 3.84. The van der Waals surface area contributed by atoms with Crippen molar-refractivity contribution in [2.45, 2.75) is 0 Å². The second-order valence-corrected chi connectivity index (χ2v) is 4.53. The lowest BCUT2D eigenvalue weighted by Gasteiger charge is -2.05. The van der Waals surface area contributed by atoms with Crippen LogP contribution >= 0.6 is 0 Å². The maximum atomic E-state index is 9.73. The molecule has 1 aliphatic rings. The van der Waals surface area contributed by atoms with Crippen molar-refractivity contribution >= 4 is 23.3 Å². The van der Waals surface area contributed by atoms with Crippen LogP contribution in [0.25, 0.3) is 6.08 Å². The van der Waals surface area contributed by atoms with Crippen molar-refractivity contribution < 1.29 is 10.0 Å². The molecule has 0 aromatic heterocycles.